The van der Waals surface area contributed by atoms with Gasteiger partial charge in [-0.25, -0.2) is 9.97 Å². The van der Waals surface area contributed by atoms with Gasteiger partial charge >= 0.3 is 6.01 Å². The van der Waals surface area contributed by atoms with Gasteiger partial charge in [-0.1, -0.05) is 82.1 Å². The SMILES string of the molecule is [c]1ccc(-c2cnc(OCCCCCCCCCC3CC3)nc2)cc1. The summed E-state index contributed by atoms with van der Waals surface area (Å²) in [6, 6.07) is 11.3. The number of unbranched alkanes of at least 4 members (excludes halogenated alkanes) is 6. The average molecular weight is 337 g/mol. The summed E-state index contributed by atoms with van der Waals surface area (Å²) in [7, 11) is 0. The van der Waals surface area contributed by atoms with Crippen molar-refractivity contribution < 1.29 is 4.74 Å². The summed E-state index contributed by atoms with van der Waals surface area (Å²) in [5.74, 6) is 1.10. The zero-order valence-corrected chi connectivity index (χ0v) is 15.1. The van der Waals surface area contributed by atoms with E-state index in [1.54, 1.807) is 0 Å². The zero-order chi connectivity index (χ0) is 17.2. The van der Waals surface area contributed by atoms with Crippen LogP contribution in [-0.4, -0.2) is 16.6 Å². The molecule has 25 heavy (non-hydrogen) atoms. The molecule has 0 bridgehead atoms. The minimum absolute atomic E-state index is 0.478. The zero-order valence-electron chi connectivity index (χ0n) is 15.1. The van der Waals surface area contributed by atoms with Gasteiger partial charge < -0.3 is 4.74 Å². The first-order valence-corrected chi connectivity index (χ1v) is 9.83. The van der Waals surface area contributed by atoms with Gasteiger partial charge in [-0.3, -0.25) is 0 Å². The molecule has 2 aromatic rings. The van der Waals surface area contributed by atoms with E-state index in [-0.39, 0.29) is 0 Å². The van der Waals surface area contributed by atoms with E-state index in [1.807, 2.05) is 36.7 Å². The number of hydrogen-bond acceptors (Lipinski definition) is 3. The van der Waals surface area contributed by atoms with Gasteiger partial charge in [-0.15, -0.1) is 0 Å². The number of aromatic nitrogens is 2. The molecule has 0 N–H and O–H groups in total. The van der Waals surface area contributed by atoms with Crippen LogP contribution in [0.2, 0.25) is 0 Å². The molecule has 1 aromatic carbocycles. The Balaban J connectivity index is 1.21. The number of rotatable bonds is 12. The van der Waals surface area contributed by atoms with E-state index in [0.29, 0.717) is 12.6 Å². The fourth-order valence-corrected chi connectivity index (χ4v) is 3.11. The summed E-state index contributed by atoms with van der Waals surface area (Å²) < 4.78 is 5.65. The molecule has 0 aliphatic heterocycles. The Morgan fingerprint density at radius 3 is 2.16 bits per heavy atom. The Morgan fingerprint density at radius 1 is 0.840 bits per heavy atom. The first kappa shape index (κ1) is 17.9. The Hall–Kier alpha value is -1.90. The molecule has 1 heterocycles. The van der Waals surface area contributed by atoms with Crippen molar-refractivity contribution in [1.82, 2.24) is 9.97 Å². The summed E-state index contributed by atoms with van der Waals surface area (Å²) in [5.41, 5.74) is 2.10. The van der Waals surface area contributed by atoms with E-state index in [0.717, 1.165) is 23.5 Å². The van der Waals surface area contributed by atoms with Gasteiger partial charge in [0.1, 0.15) is 0 Å². The van der Waals surface area contributed by atoms with Gasteiger partial charge in [0, 0.05) is 18.0 Å². The molecule has 3 nitrogen and oxygen atoms in total. The normalized spacial score (nSPS) is 13.8. The third-order valence-electron chi connectivity index (χ3n) is 4.86. The van der Waals surface area contributed by atoms with Crippen LogP contribution in [-0.2, 0) is 0 Å². The van der Waals surface area contributed by atoms with Gasteiger partial charge in [0.25, 0.3) is 0 Å². The predicted molar refractivity (Wildman–Crippen MR) is 101 cm³/mol. The highest BCUT2D eigenvalue weighted by Crippen LogP contribution is 2.34. The molecule has 0 spiro atoms. The van der Waals surface area contributed by atoms with Crippen LogP contribution < -0.4 is 4.74 Å². The third kappa shape index (κ3) is 6.85. The van der Waals surface area contributed by atoms with Crippen molar-refractivity contribution in [2.75, 3.05) is 6.61 Å². The van der Waals surface area contributed by atoms with Gasteiger partial charge in [-0.05, 0) is 24.0 Å². The number of benzene rings is 1. The molecule has 3 rings (SSSR count). The van der Waals surface area contributed by atoms with Crippen LogP contribution in [0.15, 0.2) is 36.7 Å². The van der Waals surface area contributed by atoms with Crippen LogP contribution in [0.4, 0.5) is 0 Å². The first-order valence-electron chi connectivity index (χ1n) is 9.83. The molecule has 1 fully saturated rings. The van der Waals surface area contributed by atoms with Crippen LogP contribution in [0.25, 0.3) is 11.1 Å². The summed E-state index contributed by atoms with van der Waals surface area (Å²) >= 11 is 0. The summed E-state index contributed by atoms with van der Waals surface area (Å²) in [5, 5.41) is 0. The Labute approximate surface area is 151 Å². The second-order valence-corrected chi connectivity index (χ2v) is 7.10. The van der Waals surface area contributed by atoms with E-state index in [9.17, 15) is 0 Å². The highest BCUT2D eigenvalue weighted by molar-refractivity contribution is 5.60. The molecule has 0 atom stereocenters. The maximum absolute atomic E-state index is 5.65. The summed E-state index contributed by atoms with van der Waals surface area (Å²) in [6.07, 6.45) is 17.4. The van der Waals surface area contributed by atoms with Crippen LogP contribution in [0, 0.1) is 12.0 Å². The second kappa shape index (κ2) is 10.2. The van der Waals surface area contributed by atoms with Crippen LogP contribution in [0.1, 0.15) is 64.2 Å². The topological polar surface area (TPSA) is 35.0 Å². The smallest absolute Gasteiger partial charge is 0.316 e. The molecule has 1 aliphatic carbocycles. The van der Waals surface area contributed by atoms with Crippen molar-refractivity contribution in [2.45, 2.75) is 64.2 Å². The monoisotopic (exact) mass is 337 g/mol. The molecule has 1 aromatic heterocycles. The number of hydrogen-bond donors (Lipinski definition) is 0. The Bertz CT molecular complexity index is 593. The van der Waals surface area contributed by atoms with Crippen molar-refractivity contribution in [3.8, 4) is 17.1 Å². The highest BCUT2D eigenvalue weighted by atomic mass is 16.5. The molecule has 0 amide bonds. The average Bonchev–Trinajstić information content (AvgIpc) is 3.49. The van der Waals surface area contributed by atoms with E-state index < -0.39 is 0 Å². The number of ether oxygens (including phenoxy) is 1. The van der Waals surface area contributed by atoms with E-state index in [1.165, 1.54) is 57.8 Å². The fourth-order valence-electron chi connectivity index (χ4n) is 3.11. The Kier molecular flexibility index (Phi) is 7.29. The number of nitrogens with zero attached hydrogens (tertiary/aromatic N) is 2. The highest BCUT2D eigenvalue weighted by Gasteiger charge is 2.19. The molecular weight excluding hydrogens is 308 g/mol. The van der Waals surface area contributed by atoms with Crippen molar-refractivity contribution in [1.29, 1.82) is 0 Å². The maximum atomic E-state index is 5.65. The molecule has 1 radical (unpaired) electrons. The maximum Gasteiger partial charge on any atom is 0.316 e. The third-order valence-corrected chi connectivity index (χ3v) is 4.86. The lowest BCUT2D eigenvalue weighted by atomic mass is 10.1. The lowest BCUT2D eigenvalue weighted by molar-refractivity contribution is 0.281. The molecule has 133 valence electrons. The van der Waals surface area contributed by atoms with Gasteiger partial charge in [-0.2, -0.15) is 0 Å². The predicted octanol–water partition coefficient (Wildman–Crippen LogP) is 5.85. The molecular formula is C22H29N2O. The standard InChI is InChI=1S/C22H29N2O/c1(2-4-7-11-19-14-15-19)3-5-10-16-25-22-23-17-21(18-24-22)20-12-8-6-9-13-20/h8-9,12-13,17-19H,1-5,7,10-11,14-16H2. The van der Waals surface area contributed by atoms with Crippen LogP contribution in [0.5, 0.6) is 6.01 Å². The van der Waals surface area contributed by atoms with Gasteiger partial charge in [0.05, 0.1) is 6.61 Å². The quantitative estimate of drug-likeness (QED) is 0.455. The van der Waals surface area contributed by atoms with Gasteiger partial charge in [0.2, 0.25) is 0 Å². The molecule has 3 heteroatoms. The van der Waals surface area contributed by atoms with Crippen molar-refractivity contribution in [2.24, 2.45) is 5.92 Å². The fraction of sp³-hybridized carbons (Fsp3) is 0.545. The second-order valence-electron chi connectivity index (χ2n) is 7.10. The van der Waals surface area contributed by atoms with Crippen LogP contribution >= 0.6 is 0 Å². The minimum atomic E-state index is 0.478. The van der Waals surface area contributed by atoms with Crippen LogP contribution in [0.3, 0.4) is 0 Å². The Morgan fingerprint density at radius 2 is 1.48 bits per heavy atom. The lowest BCUT2D eigenvalue weighted by Gasteiger charge is -2.05. The van der Waals surface area contributed by atoms with Crippen molar-refractivity contribution in [3.63, 3.8) is 0 Å². The van der Waals surface area contributed by atoms with Crippen molar-refractivity contribution in [3.05, 3.63) is 42.7 Å². The summed E-state index contributed by atoms with van der Waals surface area (Å²) in [6.45, 7) is 0.710. The van der Waals surface area contributed by atoms with Crippen molar-refractivity contribution >= 4 is 0 Å². The summed E-state index contributed by atoms with van der Waals surface area (Å²) in [4.78, 5) is 8.60. The van der Waals surface area contributed by atoms with E-state index in [2.05, 4.69) is 16.0 Å². The largest absolute Gasteiger partial charge is 0.463 e. The van der Waals surface area contributed by atoms with E-state index >= 15 is 0 Å². The molecule has 0 unspecified atom stereocenters. The van der Waals surface area contributed by atoms with Gasteiger partial charge in [0.15, 0.2) is 0 Å². The minimum Gasteiger partial charge on any atom is -0.463 e. The molecule has 1 aliphatic rings. The molecule has 0 saturated heterocycles. The van der Waals surface area contributed by atoms with E-state index in [4.69, 9.17) is 4.74 Å². The molecule has 1 saturated carbocycles. The lowest BCUT2D eigenvalue weighted by Crippen LogP contribution is -2.01. The first-order chi connectivity index (χ1) is 12.4.